The van der Waals surface area contributed by atoms with Gasteiger partial charge in [-0.1, -0.05) is 35.7 Å². The molecular weight excluding hydrogens is 605 g/mol. The SMILES string of the molecule is O=C(Cc1ccc(N2C(=O)Cc3cc(NCCN4CCCCC4)ccc3C2=O)c(Cl)c1)CS(=O)(=O)c1ccc(Cl)s1. The number of carbonyl (C=O) groups excluding carboxylic acids is 3. The van der Waals surface area contributed by atoms with Crippen LogP contribution in [0.2, 0.25) is 9.36 Å². The normalized spacial score (nSPS) is 16.1. The molecule has 1 N–H and O–H groups in total. The van der Waals surface area contributed by atoms with Crippen molar-refractivity contribution in [3.05, 3.63) is 74.6 Å². The lowest BCUT2D eigenvalue weighted by atomic mass is 9.97. The molecule has 2 aliphatic heterocycles. The molecule has 1 fully saturated rings. The molecule has 0 bridgehead atoms. The summed E-state index contributed by atoms with van der Waals surface area (Å²) >= 11 is 13.2. The maximum Gasteiger partial charge on any atom is 0.265 e. The van der Waals surface area contributed by atoms with Crippen molar-refractivity contribution in [3.8, 4) is 0 Å². The van der Waals surface area contributed by atoms with Crippen LogP contribution < -0.4 is 10.2 Å². The fourth-order valence-corrected chi connectivity index (χ4v) is 8.29. The molecule has 8 nitrogen and oxygen atoms in total. The van der Waals surface area contributed by atoms with Gasteiger partial charge in [-0.3, -0.25) is 14.4 Å². The molecule has 2 aromatic carbocycles. The van der Waals surface area contributed by atoms with Crippen molar-refractivity contribution in [2.45, 2.75) is 36.3 Å². The van der Waals surface area contributed by atoms with Gasteiger partial charge in [-0.05, 0) is 79.5 Å². The molecule has 1 aromatic heterocycles. The molecule has 3 aromatic rings. The number of piperidine rings is 1. The summed E-state index contributed by atoms with van der Waals surface area (Å²) in [5, 5.41) is 3.52. The van der Waals surface area contributed by atoms with Gasteiger partial charge in [0.05, 0.1) is 21.5 Å². The van der Waals surface area contributed by atoms with Gasteiger partial charge in [0.25, 0.3) is 5.91 Å². The van der Waals surface area contributed by atoms with Gasteiger partial charge in [-0.25, -0.2) is 13.3 Å². The topological polar surface area (TPSA) is 104 Å². The van der Waals surface area contributed by atoms with E-state index in [1.807, 2.05) is 12.1 Å². The highest BCUT2D eigenvalue weighted by atomic mass is 35.5. The number of ketones is 1. The van der Waals surface area contributed by atoms with Crippen molar-refractivity contribution in [3.63, 3.8) is 0 Å². The van der Waals surface area contributed by atoms with Crippen LogP contribution >= 0.6 is 34.5 Å². The van der Waals surface area contributed by atoms with Crippen molar-refractivity contribution in [1.29, 1.82) is 0 Å². The second-order valence-corrected chi connectivity index (χ2v) is 14.6. The first-order chi connectivity index (χ1) is 19.6. The molecular formula is C29H29Cl2N3O5S2. The molecule has 0 radical (unpaired) electrons. The number of imide groups is 1. The van der Waals surface area contributed by atoms with Crippen LogP contribution in [-0.4, -0.2) is 62.8 Å². The molecule has 0 atom stereocenters. The number of hydrogen-bond acceptors (Lipinski definition) is 8. The van der Waals surface area contributed by atoms with E-state index in [-0.39, 0.29) is 27.8 Å². The zero-order valence-corrected chi connectivity index (χ0v) is 25.3. The van der Waals surface area contributed by atoms with Crippen molar-refractivity contribution < 1.29 is 22.8 Å². The van der Waals surface area contributed by atoms with E-state index in [4.69, 9.17) is 23.2 Å². The third-order valence-corrected chi connectivity index (χ3v) is 11.0. The number of nitrogens with one attached hydrogen (secondary N) is 1. The molecule has 0 saturated carbocycles. The fourth-order valence-electron chi connectivity index (χ4n) is 5.19. The van der Waals surface area contributed by atoms with Crippen LogP contribution in [0.3, 0.4) is 0 Å². The molecule has 5 rings (SSSR count). The third kappa shape index (κ3) is 7.01. The second-order valence-electron chi connectivity index (χ2n) is 10.2. The second kappa shape index (κ2) is 12.6. The van der Waals surface area contributed by atoms with E-state index in [0.29, 0.717) is 21.0 Å². The zero-order chi connectivity index (χ0) is 29.1. The number of hydrogen-bond donors (Lipinski definition) is 1. The van der Waals surface area contributed by atoms with Crippen LogP contribution in [0.15, 0.2) is 52.7 Å². The van der Waals surface area contributed by atoms with Gasteiger partial charge in [0.15, 0.2) is 15.6 Å². The first-order valence-electron chi connectivity index (χ1n) is 13.4. The number of carbonyl (C=O) groups is 3. The molecule has 41 heavy (non-hydrogen) atoms. The van der Waals surface area contributed by atoms with Crippen LogP contribution in [0.1, 0.15) is 40.7 Å². The minimum atomic E-state index is -3.80. The average Bonchev–Trinajstić information content (AvgIpc) is 3.37. The van der Waals surface area contributed by atoms with E-state index in [1.165, 1.54) is 43.5 Å². The first kappa shape index (κ1) is 29.7. The summed E-state index contributed by atoms with van der Waals surface area (Å²) in [6.07, 6.45) is 3.64. The van der Waals surface area contributed by atoms with Crippen LogP contribution in [0.5, 0.6) is 0 Å². The van der Waals surface area contributed by atoms with E-state index in [9.17, 15) is 22.8 Å². The Kier molecular flexibility index (Phi) is 9.15. The Bertz CT molecular complexity index is 1600. The summed E-state index contributed by atoms with van der Waals surface area (Å²) in [4.78, 5) is 42.5. The Labute approximate surface area is 253 Å². The number of halogens is 2. The number of amides is 2. The minimum Gasteiger partial charge on any atom is -0.384 e. The number of anilines is 2. The molecule has 0 unspecified atom stereocenters. The number of Topliss-reactive ketones (excluding diaryl/α,β-unsaturated/α-hetero) is 1. The van der Waals surface area contributed by atoms with Gasteiger partial charge >= 0.3 is 0 Å². The van der Waals surface area contributed by atoms with E-state index in [2.05, 4.69) is 10.2 Å². The van der Waals surface area contributed by atoms with E-state index < -0.39 is 33.2 Å². The van der Waals surface area contributed by atoms with Crippen molar-refractivity contribution in [2.75, 3.05) is 42.1 Å². The standard InChI is InChI=1S/C29H29Cl2N3O5S2/c30-24-15-19(14-22(35)18-41(38,39)28-9-8-26(31)40-28)4-7-25(24)34-27(36)17-20-16-21(5-6-23(20)29(34)37)32-10-13-33-11-2-1-3-12-33/h4-9,15-16,32H,1-3,10-14,17-18H2. The zero-order valence-electron chi connectivity index (χ0n) is 22.2. The molecule has 216 valence electrons. The van der Waals surface area contributed by atoms with Gasteiger partial charge in [0.1, 0.15) is 9.96 Å². The number of fused-ring (bicyclic) bond motifs is 1. The van der Waals surface area contributed by atoms with Crippen molar-refractivity contribution in [1.82, 2.24) is 4.90 Å². The quantitative estimate of drug-likeness (QED) is 0.303. The van der Waals surface area contributed by atoms with Gasteiger partial charge in [0, 0.05) is 30.8 Å². The first-order valence-corrected chi connectivity index (χ1v) is 16.6. The summed E-state index contributed by atoms with van der Waals surface area (Å²) in [7, 11) is -3.80. The number of nitrogens with zero attached hydrogens (tertiary/aromatic N) is 2. The maximum atomic E-state index is 13.4. The van der Waals surface area contributed by atoms with Crippen LogP contribution in [-0.2, 0) is 32.3 Å². The third-order valence-electron chi connectivity index (χ3n) is 7.20. The Morgan fingerprint density at radius 1 is 0.976 bits per heavy atom. The van der Waals surface area contributed by atoms with Gasteiger partial charge in [0.2, 0.25) is 5.91 Å². The van der Waals surface area contributed by atoms with E-state index >= 15 is 0 Å². The predicted molar refractivity (Wildman–Crippen MR) is 162 cm³/mol. The van der Waals surface area contributed by atoms with Crippen molar-refractivity contribution in [2.24, 2.45) is 0 Å². The monoisotopic (exact) mass is 633 g/mol. The molecule has 2 aliphatic rings. The lowest BCUT2D eigenvalue weighted by Crippen LogP contribution is -2.42. The highest BCUT2D eigenvalue weighted by molar-refractivity contribution is 7.94. The lowest BCUT2D eigenvalue weighted by Gasteiger charge is -2.28. The number of likely N-dealkylation sites (tertiary alicyclic amines) is 1. The van der Waals surface area contributed by atoms with Crippen LogP contribution in [0.4, 0.5) is 11.4 Å². The summed E-state index contributed by atoms with van der Waals surface area (Å²) < 4.78 is 25.4. The molecule has 12 heteroatoms. The summed E-state index contributed by atoms with van der Waals surface area (Å²) in [6.45, 7) is 3.98. The fraction of sp³-hybridized carbons (Fsp3) is 0.345. The molecule has 3 heterocycles. The maximum absolute atomic E-state index is 13.4. The van der Waals surface area contributed by atoms with Gasteiger partial charge < -0.3 is 10.2 Å². The van der Waals surface area contributed by atoms with Gasteiger partial charge in [-0.2, -0.15) is 0 Å². The smallest absolute Gasteiger partial charge is 0.265 e. The number of benzene rings is 2. The Hall–Kier alpha value is -2.76. The Morgan fingerprint density at radius 2 is 1.76 bits per heavy atom. The Morgan fingerprint density at radius 3 is 2.46 bits per heavy atom. The largest absolute Gasteiger partial charge is 0.384 e. The summed E-state index contributed by atoms with van der Waals surface area (Å²) in [5.74, 6) is -2.06. The molecule has 1 saturated heterocycles. The predicted octanol–water partition coefficient (Wildman–Crippen LogP) is 5.27. The highest BCUT2D eigenvalue weighted by Gasteiger charge is 2.33. The average molecular weight is 635 g/mol. The van der Waals surface area contributed by atoms with Crippen molar-refractivity contribution >= 4 is 73.3 Å². The van der Waals surface area contributed by atoms with E-state index in [0.717, 1.165) is 48.1 Å². The van der Waals surface area contributed by atoms with E-state index in [1.54, 1.807) is 12.1 Å². The number of sulfone groups is 1. The Balaban J connectivity index is 1.23. The summed E-state index contributed by atoms with van der Waals surface area (Å²) in [5.41, 5.74) is 2.64. The van der Waals surface area contributed by atoms with Gasteiger partial charge in [-0.15, -0.1) is 11.3 Å². The number of thiophene rings is 1. The summed E-state index contributed by atoms with van der Waals surface area (Å²) in [6, 6.07) is 12.8. The van der Waals surface area contributed by atoms with Crippen LogP contribution in [0, 0.1) is 0 Å². The molecule has 0 aliphatic carbocycles. The van der Waals surface area contributed by atoms with Crippen LogP contribution in [0.25, 0.3) is 0 Å². The lowest BCUT2D eigenvalue weighted by molar-refractivity contribution is -0.118. The molecule has 2 amide bonds. The minimum absolute atomic E-state index is 0.0342. The molecule has 0 spiro atoms. The highest BCUT2D eigenvalue weighted by Crippen LogP contribution is 2.33. The number of rotatable bonds is 10.